The van der Waals surface area contributed by atoms with Crippen LogP contribution in [-0.4, -0.2) is 26.2 Å². The molecule has 3 rings (SSSR count). The van der Waals surface area contributed by atoms with Gasteiger partial charge < -0.3 is 9.47 Å². The molecule has 29 heavy (non-hydrogen) atoms. The first-order valence-electron chi connectivity index (χ1n) is 9.36. The predicted molar refractivity (Wildman–Crippen MR) is 114 cm³/mol. The van der Waals surface area contributed by atoms with E-state index in [2.05, 4.69) is 6.08 Å². The third kappa shape index (κ3) is 3.79. The number of carbonyl (C=O) groups excluding carboxylic acids is 2. The fraction of sp³-hybridized carbons (Fsp3) is 0.200. The monoisotopic (exact) mass is 388 g/mol. The quantitative estimate of drug-likeness (QED) is 0.693. The second kappa shape index (κ2) is 8.31. The van der Waals surface area contributed by atoms with E-state index >= 15 is 0 Å². The van der Waals surface area contributed by atoms with Gasteiger partial charge in [-0.15, -0.1) is 0 Å². The first kappa shape index (κ1) is 20.3. The molecule has 0 unspecified atom stereocenters. The summed E-state index contributed by atoms with van der Waals surface area (Å²) in [7, 11) is 2.62. The third-order valence-electron chi connectivity index (χ3n) is 5.10. The largest absolute Gasteiger partial charge is 0.465 e. The molecular formula is C25H24O4. The lowest BCUT2D eigenvalue weighted by molar-refractivity contribution is -0.139. The van der Waals surface area contributed by atoms with E-state index < -0.39 is 11.9 Å². The van der Waals surface area contributed by atoms with Gasteiger partial charge in [0, 0.05) is 5.57 Å². The highest BCUT2D eigenvalue weighted by Gasteiger charge is 2.31. The van der Waals surface area contributed by atoms with E-state index in [0.717, 1.165) is 33.4 Å². The van der Waals surface area contributed by atoms with E-state index in [9.17, 15) is 9.59 Å². The van der Waals surface area contributed by atoms with Crippen LogP contribution in [0, 0.1) is 0 Å². The topological polar surface area (TPSA) is 52.6 Å². The van der Waals surface area contributed by atoms with Crippen LogP contribution in [-0.2, 0) is 19.1 Å². The number of methoxy groups -OCH3 is 2. The van der Waals surface area contributed by atoms with Crippen LogP contribution < -0.4 is 0 Å². The fourth-order valence-electron chi connectivity index (χ4n) is 3.78. The van der Waals surface area contributed by atoms with Crippen molar-refractivity contribution >= 4 is 17.5 Å². The van der Waals surface area contributed by atoms with Crippen LogP contribution in [0.3, 0.4) is 0 Å². The van der Waals surface area contributed by atoms with Crippen LogP contribution in [0.25, 0.3) is 5.57 Å². The lowest BCUT2D eigenvalue weighted by Crippen LogP contribution is -2.18. The molecule has 1 aromatic rings. The zero-order valence-electron chi connectivity index (χ0n) is 17.3. The van der Waals surface area contributed by atoms with Crippen LogP contribution in [0.2, 0.25) is 0 Å². The van der Waals surface area contributed by atoms with Crippen LogP contribution in [0.1, 0.15) is 26.3 Å². The van der Waals surface area contributed by atoms with Gasteiger partial charge in [-0.05, 0) is 60.3 Å². The standard InChI is InChI=1S/C25H24O4/c1-15-11-12-20(24(26)28-4)23(25(27)29-5)22-17(3)14-19(13-16(2)21(15)22)18-9-7-6-8-10-18/h6-14H,1-5H3. The average molecular weight is 388 g/mol. The minimum atomic E-state index is -0.575. The normalized spacial score (nSPS) is 16.6. The lowest BCUT2D eigenvalue weighted by atomic mass is 9.86. The van der Waals surface area contributed by atoms with E-state index in [0.29, 0.717) is 5.57 Å². The second-order valence-electron chi connectivity index (χ2n) is 7.01. The molecule has 0 aliphatic heterocycles. The zero-order valence-corrected chi connectivity index (χ0v) is 17.3. The highest BCUT2D eigenvalue weighted by Crippen LogP contribution is 2.40. The Labute approximate surface area is 171 Å². The van der Waals surface area contributed by atoms with Crippen molar-refractivity contribution < 1.29 is 19.1 Å². The van der Waals surface area contributed by atoms with Gasteiger partial charge in [0.15, 0.2) is 0 Å². The van der Waals surface area contributed by atoms with E-state index in [1.165, 1.54) is 14.2 Å². The zero-order chi connectivity index (χ0) is 21.1. The number of hydrogen-bond acceptors (Lipinski definition) is 4. The molecule has 4 nitrogen and oxygen atoms in total. The Morgan fingerprint density at radius 3 is 2.03 bits per heavy atom. The molecule has 0 saturated heterocycles. The van der Waals surface area contributed by atoms with Crippen LogP contribution in [0.15, 0.2) is 93.6 Å². The summed E-state index contributed by atoms with van der Waals surface area (Å²) in [5, 5.41) is 0. The Bertz CT molecular complexity index is 1060. The Morgan fingerprint density at radius 2 is 1.41 bits per heavy atom. The molecule has 0 radical (unpaired) electrons. The molecule has 0 saturated carbocycles. The molecule has 0 atom stereocenters. The minimum Gasteiger partial charge on any atom is -0.465 e. The molecule has 0 N–H and O–H groups in total. The van der Waals surface area contributed by atoms with Crippen molar-refractivity contribution in [3.63, 3.8) is 0 Å². The Morgan fingerprint density at radius 1 is 0.759 bits per heavy atom. The van der Waals surface area contributed by atoms with Crippen molar-refractivity contribution in [3.05, 3.63) is 99.2 Å². The maximum atomic E-state index is 12.8. The van der Waals surface area contributed by atoms with Crippen molar-refractivity contribution in [3.8, 4) is 0 Å². The van der Waals surface area contributed by atoms with Gasteiger partial charge in [0.2, 0.25) is 0 Å². The van der Waals surface area contributed by atoms with Gasteiger partial charge in [-0.2, -0.15) is 0 Å². The number of hydrogen-bond donors (Lipinski definition) is 0. The number of rotatable bonds is 3. The summed E-state index contributed by atoms with van der Waals surface area (Å²) < 4.78 is 10.00. The predicted octanol–water partition coefficient (Wildman–Crippen LogP) is 4.88. The number of fused-ring (bicyclic) bond motifs is 1. The summed E-state index contributed by atoms with van der Waals surface area (Å²) in [6.45, 7) is 5.93. The minimum absolute atomic E-state index is 0.187. The summed E-state index contributed by atoms with van der Waals surface area (Å²) >= 11 is 0. The SMILES string of the molecule is COC(=O)C1=CC=C(C)C2=C(C)C=C(c3ccccc3)C=C(C)C2=C1C(=O)OC. The molecule has 2 aliphatic rings. The maximum Gasteiger partial charge on any atom is 0.339 e. The third-order valence-corrected chi connectivity index (χ3v) is 5.10. The molecule has 0 fully saturated rings. The van der Waals surface area contributed by atoms with Crippen molar-refractivity contribution in [2.75, 3.05) is 14.2 Å². The van der Waals surface area contributed by atoms with Crippen LogP contribution in [0.4, 0.5) is 0 Å². The van der Waals surface area contributed by atoms with Gasteiger partial charge in [0.25, 0.3) is 0 Å². The molecule has 4 heteroatoms. The van der Waals surface area contributed by atoms with Crippen molar-refractivity contribution in [1.82, 2.24) is 0 Å². The number of ether oxygens (including phenoxy) is 2. The highest BCUT2D eigenvalue weighted by atomic mass is 16.5. The molecule has 1 aromatic carbocycles. The highest BCUT2D eigenvalue weighted by molar-refractivity contribution is 6.09. The van der Waals surface area contributed by atoms with E-state index in [-0.39, 0.29) is 11.1 Å². The molecule has 2 aliphatic carbocycles. The van der Waals surface area contributed by atoms with E-state index in [1.54, 1.807) is 6.08 Å². The summed E-state index contributed by atoms with van der Waals surface area (Å²) in [4.78, 5) is 25.3. The molecular weight excluding hydrogens is 364 g/mol. The van der Waals surface area contributed by atoms with Gasteiger partial charge in [0.1, 0.15) is 0 Å². The first-order valence-corrected chi connectivity index (χ1v) is 9.36. The number of esters is 2. The summed E-state index contributed by atoms with van der Waals surface area (Å²) in [6.07, 6.45) is 7.62. The first-order chi connectivity index (χ1) is 13.9. The molecule has 0 bridgehead atoms. The number of carbonyl (C=O) groups is 2. The van der Waals surface area contributed by atoms with Crippen LogP contribution >= 0.6 is 0 Å². The molecule has 148 valence electrons. The van der Waals surface area contributed by atoms with E-state index in [1.807, 2.05) is 63.3 Å². The molecule has 0 heterocycles. The van der Waals surface area contributed by atoms with Crippen molar-refractivity contribution in [2.24, 2.45) is 0 Å². The van der Waals surface area contributed by atoms with Gasteiger partial charge in [-0.3, -0.25) is 0 Å². The van der Waals surface area contributed by atoms with Crippen molar-refractivity contribution in [2.45, 2.75) is 20.8 Å². The van der Waals surface area contributed by atoms with E-state index in [4.69, 9.17) is 9.47 Å². The lowest BCUT2D eigenvalue weighted by Gasteiger charge is -2.18. The van der Waals surface area contributed by atoms with Crippen LogP contribution in [0.5, 0.6) is 0 Å². The maximum absolute atomic E-state index is 12.8. The van der Waals surface area contributed by atoms with Gasteiger partial charge in [-0.25, -0.2) is 9.59 Å². The number of benzene rings is 1. The second-order valence-corrected chi connectivity index (χ2v) is 7.01. The molecule has 0 aromatic heterocycles. The van der Waals surface area contributed by atoms with Gasteiger partial charge in [-0.1, -0.05) is 48.6 Å². The summed E-state index contributed by atoms with van der Waals surface area (Å²) in [5.41, 5.74) is 6.96. The average Bonchev–Trinajstić information content (AvgIpc) is 2.96. The Kier molecular flexibility index (Phi) is 5.83. The number of allylic oxidation sites excluding steroid dienone is 10. The Balaban J connectivity index is 2.38. The molecule has 0 spiro atoms. The summed E-state index contributed by atoms with van der Waals surface area (Å²) in [6, 6.07) is 10.1. The van der Waals surface area contributed by atoms with Gasteiger partial charge in [0.05, 0.1) is 25.4 Å². The fourth-order valence-corrected chi connectivity index (χ4v) is 3.78. The summed E-state index contributed by atoms with van der Waals surface area (Å²) in [5.74, 6) is -1.14. The Hall–Kier alpha value is -3.40. The molecule has 0 amide bonds. The smallest absolute Gasteiger partial charge is 0.339 e. The van der Waals surface area contributed by atoms with Crippen molar-refractivity contribution in [1.29, 1.82) is 0 Å². The van der Waals surface area contributed by atoms with Gasteiger partial charge >= 0.3 is 11.9 Å².